The second kappa shape index (κ2) is 12.2. The number of imidazole rings is 1. The number of nitrogens with two attached hydrogens (primary N) is 2. The summed E-state index contributed by atoms with van der Waals surface area (Å²) in [6, 6.07) is 0. The third-order valence-electron chi connectivity index (χ3n) is 6.74. The first kappa shape index (κ1) is 31.7. The van der Waals surface area contributed by atoms with Crippen molar-refractivity contribution in [1.29, 1.82) is 0 Å². The van der Waals surface area contributed by atoms with Crippen LogP contribution in [0.15, 0.2) is 23.8 Å². The molecule has 44 heavy (non-hydrogen) atoms. The summed E-state index contributed by atoms with van der Waals surface area (Å²) in [5.74, 6) is 0.189. The standard InChI is InChI=1S/C20H24FN9O9P2S3/c21-10-1-8(37-18(10)29-7-28-12-14(22)24-5-26-16(12)29)4-36-41(34,43)39-11-2-9(3-35-40(32,33)42)38-19(11)30-17-13(44-20(30)31)15(23)25-6-27-17/h5-11,18-19H,1-4H2,(H,34,43)(H2,22,24,26)(H2,23,25,27)(H2,32,33,42)/t8-,9-,10+,11+,18+,19+,41+/m0/s1. The van der Waals surface area contributed by atoms with Crippen molar-refractivity contribution in [3.63, 3.8) is 0 Å². The average molecular weight is 712 g/mol. The molecule has 4 aromatic rings. The Morgan fingerprint density at radius 1 is 1.00 bits per heavy atom. The zero-order valence-corrected chi connectivity index (χ0v) is 26.5. The van der Waals surface area contributed by atoms with Gasteiger partial charge in [-0.3, -0.25) is 27.5 Å². The highest BCUT2D eigenvalue weighted by Crippen LogP contribution is 2.57. The predicted octanol–water partition coefficient (Wildman–Crippen LogP) is 2.26. The molecule has 6 rings (SSSR count). The van der Waals surface area contributed by atoms with Crippen LogP contribution in [0.25, 0.3) is 21.5 Å². The lowest BCUT2D eigenvalue weighted by atomic mass is 10.2. The molecule has 8 atom stereocenters. The van der Waals surface area contributed by atoms with Crippen molar-refractivity contribution in [3.8, 4) is 0 Å². The number of thiazole rings is 1. The number of halogens is 1. The molecule has 4 aromatic heterocycles. The Morgan fingerprint density at radius 3 is 2.41 bits per heavy atom. The van der Waals surface area contributed by atoms with Gasteiger partial charge in [-0.2, -0.15) is 0 Å². The van der Waals surface area contributed by atoms with Crippen LogP contribution < -0.4 is 16.3 Å². The van der Waals surface area contributed by atoms with E-state index >= 15 is 4.39 Å². The number of fused-ring (bicyclic) bond motifs is 2. The summed E-state index contributed by atoms with van der Waals surface area (Å²) >= 11 is 8.33. The molecule has 0 bridgehead atoms. The molecule has 238 valence electrons. The maximum atomic E-state index is 15.0. The second-order valence-electron chi connectivity index (χ2n) is 9.71. The lowest BCUT2D eigenvalue weighted by Gasteiger charge is -2.23. The molecule has 0 aromatic carbocycles. The molecule has 5 N–H and O–H groups in total. The first-order valence-corrected chi connectivity index (χ1v) is 18.9. The van der Waals surface area contributed by atoms with Gasteiger partial charge in [-0.15, -0.1) is 0 Å². The van der Waals surface area contributed by atoms with Gasteiger partial charge in [0.2, 0.25) is 0 Å². The van der Waals surface area contributed by atoms with Gasteiger partial charge in [-0.05, 0) is 0 Å². The molecule has 6 heterocycles. The highest BCUT2D eigenvalue weighted by Gasteiger charge is 2.44. The Balaban J connectivity index is 1.17. The topological polar surface area (TPSA) is 244 Å². The highest BCUT2D eigenvalue weighted by atomic mass is 32.7. The Morgan fingerprint density at radius 2 is 1.66 bits per heavy atom. The van der Waals surface area contributed by atoms with Gasteiger partial charge in [0.1, 0.15) is 41.0 Å². The highest BCUT2D eigenvalue weighted by molar-refractivity contribution is 8.44. The lowest BCUT2D eigenvalue weighted by molar-refractivity contribution is -0.0476. The fourth-order valence-corrected chi connectivity index (χ4v) is 7.84. The van der Waals surface area contributed by atoms with Crippen molar-refractivity contribution in [2.24, 2.45) is 0 Å². The molecule has 24 heteroatoms. The minimum atomic E-state index is -4.22. The van der Waals surface area contributed by atoms with E-state index in [-0.39, 0.29) is 52.6 Å². The van der Waals surface area contributed by atoms with Crippen LogP contribution in [0.3, 0.4) is 0 Å². The molecule has 2 aliphatic heterocycles. The molecule has 18 nitrogen and oxygen atoms in total. The second-order valence-corrected chi connectivity index (χ2v) is 16.3. The molecule has 0 amide bonds. The summed E-state index contributed by atoms with van der Waals surface area (Å²) in [5, 5.41) is 0. The molecule has 0 radical (unpaired) electrons. The Kier molecular flexibility index (Phi) is 8.78. The zero-order chi connectivity index (χ0) is 31.4. The number of rotatable bonds is 10. The molecule has 2 aliphatic rings. The average Bonchev–Trinajstić information content (AvgIpc) is 3.71. The molecule has 0 saturated carbocycles. The Bertz CT molecular complexity index is 1860. The van der Waals surface area contributed by atoms with Crippen molar-refractivity contribution < 1.29 is 41.5 Å². The van der Waals surface area contributed by atoms with Gasteiger partial charge in [0.25, 0.3) is 0 Å². The first-order chi connectivity index (χ1) is 20.8. The van der Waals surface area contributed by atoms with E-state index in [1.54, 1.807) is 0 Å². The van der Waals surface area contributed by atoms with Crippen LogP contribution in [0, 0.1) is 0 Å². The van der Waals surface area contributed by atoms with Crippen molar-refractivity contribution in [2.45, 2.75) is 49.8 Å². The van der Waals surface area contributed by atoms with Crippen LogP contribution in [0.2, 0.25) is 0 Å². The maximum Gasteiger partial charge on any atom is 0.386 e. The van der Waals surface area contributed by atoms with Crippen LogP contribution >= 0.6 is 49.4 Å². The summed E-state index contributed by atoms with van der Waals surface area (Å²) in [6.07, 6.45) is -3.22. The van der Waals surface area contributed by atoms with E-state index in [0.29, 0.717) is 0 Å². The van der Waals surface area contributed by atoms with Crippen LogP contribution in [-0.2, 0) is 32.2 Å². The summed E-state index contributed by atoms with van der Waals surface area (Å²) < 4.78 is 70.6. The number of hydrogen-bond donors (Lipinski definition) is 5. The van der Waals surface area contributed by atoms with Gasteiger partial charge >= 0.3 is 18.5 Å². The van der Waals surface area contributed by atoms with Gasteiger partial charge < -0.3 is 25.8 Å². The van der Waals surface area contributed by atoms with Crippen LogP contribution in [0.4, 0.5) is 16.0 Å². The van der Waals surface area contributed by atoms with E-state index in [2.05, 4.69) is 49.4 Å². The van der Waals surface area contributed by atoms with E-state index in [0.717, 1.165) is 22.2 Å². The Hall–Kier alpha value is -2.23. The van der Waals surface area contributed by atoms with Crippen LogP contribution in [0.1, 0.15) is 25.3 Å². The fraction of sp³-hybridized carbons (Fsp3) is 0.500. The van der Waals surface area contributed by atoms with Crippen molar-refractivity contribution >= 4 is 82.6 Å². The van der Waals surface area contributed by atoms with Crippen molar-refractivity contribution in [3.05, 3.63) is 28.6 Å². The quantitative estimate of drug-likeness (QED) is 0.117. The normalized spacial score (nSPS) is 28.5. The third kappa shape index (κ3) is 6.52. The minimum Gasteiger partial charge on any atom is -0.382 e. The predicted molar refractivity (Wildman–Crippen MR) is 160 cm³/mol. The van der Waals surface area contributed by atoms with Crippen LogP contribution in [-0.4, -0.2) is 76.6 Å². The van der Waals surface area contributed by atoms with E-state index in [9.17, 15) is 18.8 Å². The largest absolute Gasteiger partial charge is 0.386 e. The van der Waals surface area contributed by atoms with Crippen LogP contribution in [0.5, 0.6) is 0 Å². The monoisotopic (exact) mass is 711 g/mol. The molecule has 0 aliphatic carbocycles. The van der Waals surface area contributed by atoms with E-state index in [1.165, 1.54) is 17.2 Å². The lowest BCUT2D eigenvalue weighted by Crippen LogP contribution is -2.28. The number of nitrogen functional groups attached to an aromatic ring is 2. The van der Waals surface area contributed by atoms with Crippen molar-refractivity contribution in [2.75, 3.05) is 24.7 Å². The number of nitrogens with zero attached hydrogens (tertiary/aromatic N) is 7. The number of ether oxygens (including phenoxy) is 2. The number of thiol groups is 2. The van der Waals surface area contributed by atoms with Crippen molar-refractivity contribution in [1.82, 2.24) is 34.1 Å². The minimum absolute atomic E-state index is 0.0614. The smallest absolute Gasteiger partial charge is 0.382 e. The van der Waals surface area contributed by atoms with Gasteiger partial charge in [0, 0.05) is 12.8 Å². The number of anilines is 2. The molecular formula is C20H24FN9O9P2S3. The zero-order valence-electron chi connectivity index (χ0n) is 22.1. The van der Waals surface area contributed by atoms with Gasteiger partial charge in [-0.25, -0.2) is 38.4 Å². The molecule has 2 fully saturated rings. The van der Waals surface area contributed by atoms with Gasteiger partial charge in [0.15, 0.2) is 29.6 Å². The molecule has 0 spiro atoms. The summed E-state index contributed by atoms with van der Waals surface area (Å²) in [6.45, 7) is -9.16. The molecular weight excluding hydrogens is 687 g/mol. The maximum absolute atomic E-state index is 15.0. The summed E-state index contributed by atoms with van der Waals surface area (Å²) in [4.78, 5) is 41.9. The summed E-state index contributed by atoms with van der Waals surface area (Å²) in [5.41, 5.74) is 12.4. The number of alkyl halides is 1. The number of aromatic nitrogens is 7. The fourth-order valence-electron chi connectivity index (χ4n) is 4.91. The molecule has 0 unspecified atom stereocenters. The van der Waals surface area contributed by atoms with E-state index in [4.69, 9.17) is 34.5 Å². The van der Waals surface area contributed by atoms with Gasteiger partial charge in [0.05, 0.1) is 31.7 Å². The first-order valence-electron chi connectivity index (χ1n) is 12.6. The third-order valence-corrected chi connectivity index (χ3v) is 10.2. The molecule has 2 saturated heterocycles. The summed E-state index contributed by atoms with van der Waals surface area (Å²) in [7, 11) is 0. The Labute approximate surface area is 260 Å². The SMILES string of the molecule is Nc1ncnc2c1ncn2[C@@H]1O[C@H](CO[P@@](=O)(S)O[C@@H]2C[C@@H](CO[P@](=O)(O)S)O[C@H]2n2c(=O)sc3c(N)ncnc32)C[C@H]1F. The van der Waals surface area contributed by atoms with E-state index < -0.39 is 62.0 Å². The number of hydrogen-bond acceptors (Lipinski definition) is 16. The van der Waals surface area contributed by atoms with E-state index in [1.807, 2.05) is 0 Å². The van der Waals surface area contributed by atoms with Gasteiger partial charge in [-0.1, -0.05) is 35.8 Å².